The van der Waals surface area contributed by atoms with Gasteiger partial charge in [-0.15, -0.1) is 0 Å². The smallest absolute Gasteiger partial charge is 0.248 e. The number of hydrogen-bond acceptors (Lipinski definition) is 3. The van der Waals surface area contributed by atoms with Crippen LogP contribution < -0.4 is 10.5 Å². The number of rotatable bonds is 5. The van der Waals surface area contributed by atoms with E-state index in [1.807, 2.05) is 61.7 Å². The average molecular weight is 346 g/mol. The molecule has 0 fully saturated rings. The quantitative estimate of drug-likeness (QED) is 0.748. The van der Waals surface area contributed by atoms with Crippen LogP contribution in [-0.4, -0.2) is 18.0 Å². The molecule has 0 spiro atoms. The SMILES string of the molecule is COc1cccc([C@@H](C)c2cc(-c3ccncc3C)ccc2C(N)=O)c1. The van der Waals surface area contributed by atoms with Gasteiger partial charge in [0.2, 0.25) is 5.91 Å². The fourth-order valence-electron chi connectivity index (χ4n) is 3.20. The molecular formula is C22H22N2O2. The Morgan fingerprint density at radius 3 is 2.65 bits per heavy atom. The second kappa shape index (κ2) is 7.40. The summed E-state index contributed by atoms with van der Waals surface area (Å²) in [5.74, 6) is 0.360. The number of methoxy groups -OCH3 is 1. The van der Waals surface area contributed by atoms with Gasteiger partial charge >= 0.3 is 0 Å². The Morgan fingerprint density at radius 1 is 1.15 bits per heavy atom. The van der Waals surface area contributed by atoms with Crippen molar-refractivity contribution in [2.24, 2.45) is 5.73 Å². The maximum atomic E-state index is 12.0. The van der Waals surface area contributed by atoms with E-state index >= 15 is 0 Å². The van der Waals surface area contributed by atoms with Gasteiger partial charge in [0.05, 0.1) is 7.11 Å². The number of nitrogens with zero attached hydrogens (tertiary/aromatic N) is 1. The molecule has 0 aliphatic heterocycles. The molecule has 1 atom stereocenters. The van der Waals surface area contributed by atoms with Crippen LogP contribution in [0.2, 0.25) is 0 Å². The summed E-state index contributed by atoms with van der Waals surface area (Å²) in [6.07, 6.45) is 3.61. The number of ether oxygens (including phenoxy) is 1. The zero-order valence-electron chi connectivity index (χ0n) is 15.2. The zero-order valence-corrected chi connectivity index (χ0v) is 15.2. The van der Waals surface area contributed by atoms with Gasteiger partial charge in [-0.1, -0.05) is 25.1 Å². The molecule has 0 bridgehead atoms. The third-order valence-corrected chi connectivity index (χ3v) is 4.71. The monoisotopic (exact) mass is 346 g/mol. The van der Waals surface area contributed by atoms with E-state index in [-0.39, 0.29) is 5.92 Å². The van der Waals surface area contributed by atoms with Crippen molar-refractivity contribution < 1.29 is 9.53 Å². The molecule has 0 aliphatic rings. The number of pyridine rings is 1. The Labute approximate surface area is 153 Å². The van der Waals surface area contributed by atoms with Crippen molar-refractivity contribution in [1.82, 2.24) is 4.98 Å². The van der Waals surface area contributed by atoms with Gasteiger partial charge in [0, 0.05) is 23.9 Å². The molecule has 3 rings (SSSR count). The third-order valence-electron chi connectivity index (χ3n) is 4.71. The molecule has 3 aromatic rings. The molecule has 132 valence electrons. The molecule has 1 aromatic heterocycles. The van der Waals surface area contributed by atoms with Gasteiger partial charge in [0.25, 0.3) is 0 Å². The highest BCUT2D eigenvalue weighted by Crippen LogP contribution is 2.33. The first-order valence-electron chi connectivity index (χ1n) is 8.50. The van der Waals surface area contributed by atoms with Crippen LogP contribution in [-0.2, 0) is 0 Å². The predicted octanol–water partition coefficient (Wildman–Crippen LogP) is 4.32. The molecule has 0 aliphatic carbocycles. The van der Waals surface area contributed by atoms with Crippen molar-refractivity contribution in [2.75, 3.05) is 7.11 Å². The summed E-state index contributed by atoms with van der Waals surface area (Å²) in [5.41, 5.74) is 11.4. The summed E-state index contributed by atoms with van der Waals surface area (Å²) < 4.78 is 5.33. The molecule has 1 amide bonds. The van der Waals surface area contributed by atoms with Crippen LogP contribution in [0.5, 0.6) is 5.75 Å². The van der Waals surface area contributed by atoms with Crippen LogP contribution in [0.3, 0.4) is 0 Å². The zero-order chi connectivity index (χ0) is 18.7. The number of carbonyl (C=O) groups excluding carboxylic acids is 1. The minimum atomic E-state index is -0.423. The standard InChI is InChI=1S/C22H22N2O2/c1-14-13-24-10-9-19(14)17-7-8-20(22(23)25)21(12-17)15(2)16-5-4-6-18(11-16)26-3/h4-13,15H,1-3H3,(H2,23,25)/t15-/m1/s1. The van der Waals surface area contributed by atoms with Gasteiger partial charge in [-0.25, -0.2) is 0 Å². The van der Waals surface area contributed by atoms with Crippen molar-refractivity contribution >= 4 is 5.91 Å². The number of aromatic nitrogens is 1. The number of nitrogens with two attached hydrogens (primary N) is 1. The van der Waals surface area contributed by atoms with E-state index < -0.39 is 5.91 Å². The van der Waals surface area contributed by atoms with Gasteiger partial charge in [-0.05, 0) is 65.1 Å². The van der Waals surface area contributed by atoms with Gasteiger partial charge in [0.15, 0.2) is 0 Å². The molecule has 2 N–H and O–H groups in total. The maximum absolute atomic E-state index is 12.0. The fourth-order valence-corrected chi connectivity index (χ4v) is 3.20. The van der Waals surface area contributed by atoms with E-state index in [4.69, 9.17) is 10.5 Å². The van der Waals surface area contributed by atoms with Crippen molar-refractivity contribution in [3.8, 4) is 16.9 Å². The van der Waals surface area contributed by atoms with Gasteiger partial charge < -0.3 is 10.5 Å². The first kappa shape index (κ1) is 17.7. The van der Waals surface area contributed by atoms with E-state index in [1.54, 1.807) is 13.3 Å². The Balaban J connectivity index is 2.13. The molecule has 0 radical (unpaired) electrons. The molecule has 2 aromatic carbocycles. The van der Waals surface area contributed by atoms with E-state index in [1.165, 1.54) is 0 Å². The number of hydrogen-bond donors (Lipinski definition) is 1. The summed E-state index contributed by atoms with van der Waals surface area (Å²) >= 11 is 0. The minimum absolute atomic E-state index is 0.00491. The highest BCUT2D eigenvalue weighted by Gasteiger charge is 2.18. The van der Waals surface area contributed by atoms with Crippen LogP contribution >= 0.6 is 0 Å². The Morgan fingerprint density at radius 2 is 1.96 bits per heavy atom. The Bertz CT molecular complexity index is 950. The second-order valence-electron chi connectivity index (χ2n) is 6.36. The highest BCUT2D eigenvalue weighted by atomic mass is 16.5. The normalized spacial score (nSPS) is 11.8. The lowest BCUT2D eigenvalue weighted by atomic mass is 9.86. The molecule has 0 saturated heterocycles. The predicted molar refractivity (Wildman–Crippen MR) is 103 cm³/mol. The highest BCUT2D eigenvalue weighted by molar-refractivity contribution is 5.95. The average Bonchev–Trinajstić information content (AvgIpc) is 2.67. The van der Waals surface area contributed by atoms with E-state index in [9.17, 15) is 4.79 Å². The summed E-state index contributed by atoms with van der Waals surface area (Å²) in [6, 6.07) is 15.6. The number of aryl methyl sites for hydroxylation is 1. The molecule has 0 unspecified atom stereocenters. The lowest BCUT2D eigenvalue weighted by Crippen LogP contribution is -2.15. The summed E-state index contributed by atoms with van der Waals surface area (Å²) in [4.78, 5) is 16.1. The number of carbonyl (C=O) groups is 1. The van der Waals surface area contributed by atoms with Gasteiger partial charge in [0.1, 0.15) is 5.75 Å². The van der Waals surface area contributed by atoms with E-state index in [2.05, 4.69) is 11.9 Å². The topological polar surface area (TPSA) is 65.2 Å². The molecule has 4 heteroatoms. The van der Waals surface area contributed by atoms with Gasteiger partial charge in [-0.2, -0.15) is 0 Å². The Kier molecular flexibility index (Phi) is 5.03. The van der Waals surface area contributed by atoms with Crippen LogP contribution in [0.4, 0.5) is 0 Å². The largest absolute Gasteiger partial charge is 0.497 e. The number of benzene rings is 2. The molecule has 1 heterocycles. The van der Waals surface area contributed by atoms with Crippen LogP contribution in [0.25, 0.3) is 11.1 Å². The maximum Gasteiger partial charge on any atom is 0.248 e. The minimum Gasteiger partial charge on any atom is -0.497 e. The summed E-state index contributed by atoms with van der Waals surface area (Å²) in [7, 11) is 1.64. The summed E-state index contributed by atoms with van der Waals surface area (Å²) in [5, 5.41) is 0. The van der Waals surface area contributed by atoms with Crippen LogP contribution in [0.15, 0.2) is 60.9 Å². The lowest BCUT2D eigenvalue weighted by molar-refractivity contribution is 0.0999. The van der Waals surface area contributed by atoms with Crippen molar-refractivity contribution in [3.05, 3.63) is 83.2 Å². The van der Waals surface area contributed by atoms with E-state index in [0.717, 1.165) is 33.6 Å². The van der Waals surface area contributed by atoms with Crippen LogP contribution in [0, 0.1) is 6.92 Å². The summed E-state index contributed by atoms with van der Waals surface area (Å²) in [6.45, 7) is 4.09. The third kappa shape index (κ3) is 3.45. The molecular weight excluding hydrogens is 324 g/mol. The van der Waals surface area contributed by atoms with Crippen molar-refractivity contribution in [3.63, 3.8) is 0 Å². The molecule has 0 saturated carbocycles. The number of primary amides is 1. The van der Waals surface area contributed by atoms with Gasteiger partial charge in [-0.3, -0.25) is 9.78 Å². The Hall–Kier alpha value is -3.14. The van der Waals surface area contributed by atoms with Crippen molar-refractivity contribution in [2.45, 2.75) is 19.8 Å². The first-order chi connectivity index (χ1) is 12.5. The molecule has 26 heavy (non-hydrogen) atoms. The number of amides is 1. The van der Waals surface area contributed by atoms with E-state index in [0.29, 0.717) is 5.56 Å². The first-order valence-corrected chi connectivity index (χ1v) is 8.50. The lowest BCUT2D eigenvalue weighted by Gasteiger charge is -2.18. The van der Waals surface area contributed by atoms with Crippen LogP contribution in [0.1, 0.15) is 39.9 Å². The fraction of sp³-hybridized carbons (Fsp3) is 0.182. The molecule has 4 nitrogen and oxygen atoms in total. The van der Waals surface area contributed by atoms with Crippen molar-refractivity contribution in [1.29, 1.82) is 0 Å². The second-order valence-corrected chi connectivity index (χ2v) is 6.36.